The van der Waals surface area contributed by atoms with Gasteiger partial charge in [0, 0.05) is 6.54 Å². The zero-order chi connectivity index (χ0) is 23.4. The van der Waals surface area contributed by atoms with Gasteiger partial charge in [0.2, 0.25) is 10.0 Å². The van der Waals surface area contributed by atoms with Crippen molar-refractivity contribution in [3.05, 3.63) is 89.7 Å². The van der Waals surface area contributed by atoms with Crippen molar-refractivity contribution in [1.29, 1.82) is 0 Å². The molecule has 0 spiro atoms. The van der Waals surface area contributed by atoms with Gasteiger partial charge in [-0.2, -0.15) is 0 Å². The number of sulfonamides is 1. The Morgan fingerprint density at radius 2 is 1.73 bits per heavy atom. The van der Waals surface area contributed by atoms with E-state index in [9.17, 15) is 17.6 Å². The van der Waals surface area contributed by atoms with E-state index in [4.69, 9.17) is 9.47 Å². The fraction of sp³-hybridized carbons (Fsp3) is 0.208. The molecule has 1 atom stereocenters. The monoisotopic (exact) mass is 470 g/mol. The van der Waals surface area contributed by atoms with Crippen molar-refractivity contribution in [2.45, 2.75) is 19.3 Å². The number of nitrogens with one attached hydrogen (secondary N) is 1. The minimum absolute atomic E-state index is 0.0994. The van der Waals surface area contributed by atoms with Crippen LogP contribution in [0.1, 0.15) is 11.1 Å². The first-order valence-electron chi connectivity index (χ1n) is 10.3. The largest absolute Gasteiger partial charge is 0.489 e. The van der Waals surface area contributed by atoms with Gasteiger partial charge in [-0.25, -0.2) is 12.8 Å². The van der Waals surface area contributed by atoms with E-state index in [1.165, 1.54) is 16.4 Å². The Hall–Kier alpha value is -3.59. The molecule has 3 aromatic rings. The van der Waals surface area contributed by atoms with Crippen molar-refractivity contribution in [3.8, 4) is 11.5 Å². The maximum Gasteiger partial charge on any atom is 0.263 e. The summed E-state index contributed by atoms with van der Waals surface area (Å²) in [5.74, 6) is 0.286. The molecule has 7 nitrogen and oxygen atoms in total. The topological polar surface area (TPSA) is 84.9 Å². The number of anilines is 1. The van der Waals surface area contributed by atoms with Gasteiger partial charge in [-0.05, 0) is 47.5 Å². The molecule has 0 fully saturated rings. The molecule has 1 aliphatic rings. The molecule has 3 aromatic carbocycles. The molecular formula is C24H23FN2O5S. The molecule has 0 aromatic heterocycles. The van der Waals surface area contributed by atoms with Crippen molar-refractivity contribution in [1.82, 2.24) is 5.32 Å². The van der Waals surface area contributed by atoms with Crippen molar-refractivity contribution in [3.63, 3.8) is 0 Å². The number of carbonyl (C=O) groups is 1. The Morgan fingerprint density at radius 1 is 1.06 bits per heavy atom. The normalized spacial score (nSPS) is 15.3. The summed E-state index contributed by atoms with van der Waals surface area (Å²) in [6, 6.07) is 20.0. The minimum Gasteiger partial charge on any atom is -0.489 e. The van der Waals surface area contributed by atoms with Crippen LogP contribution >= 0.6 is 0 Å². The average Bonchev–Trinajstić information content (AvgIpc) is 2.81. The van der Waals surface area contributed by atoms with Crippen LogP contribution in [-0.4, -0.2) is 33.2 Å². The van der Waals surface area contributed by atoms with Crippen molar-refractivity contribution in [2.75, 3.05) is 17.1 Å². The summed E-state index contributed by atoms with van der Waals surface area (Å²) < 4.78 is 50.0. The minimum atomic E-state index is -3.56. The summed E-state index contributed by atoms with van der Waals surface area (Å²) in [5, 5.41) is 2.79. The van der Waals surface area contributed by atoms with Gasteiger partial charge < -0.3 is 14.8 Å². The second-order valence-electron chi connectivity index (χ2n) is 7.65. The number of carbonyl (C=O) groups excluding carboxylic acids is 1. The molecular weight excluding hydrogens is 447 g/mol. The molecule has 0 saturated heterocycles. The third-order valence-electron chi connectivity index (χ3n) is 5.14. The van der Waals surface area contributed by atoms with Crippen molar-refractivity contribution < 1.29 is 27.1 Å². The predicted octanol–water partition coefficient (Wildman–Crippen LogP) is 3.25. The van der Waals surface area contributed by atoms with Crippen LogP contribution in [0, 0.1) is 5.82 Å². The molecule has 0 unspecified atom stereocenters. The Balaban J connectivity index is 1.33. The van der Waals surface area contributed by atoms with Gasteiger partial charge in [-0.15, -0.1) is 0 Å². The predicted molar refractivity (Wildman–Crippen MR) is 122 cm³/mol. The third-order valence-corrected chi connectivity index (χ3v) is 6.28. The zero-order valence-electron chi connectivity index (χ0n) is 17.9. The summed E-state index contributed by atoms with van der Waals surface area (Å²) >= 11 is 0. The molecule has 1 heterocycles. The van der Waals surface area contributed by atoms with Gasteiger partial charge in [-0.3, -0.25) is 9.10 Å². The van der Waals surface area contributed by atoms with Crippen LogP contribution in [0.25, 0.3) is 0 Å². The Bertz CT molecular complexity index is 1230. The summed E-state index contributed by atoms with van der Waals surface area (Å²) in [5.41, 5.74) is 2.11. The lowest BCUT2D eigenvalue weighted by atomic mass is 10.2. The summed E-state index contributed by atoms with van der Waals surface area (Å²) in [4.78, 5) is 12.7. The summed E-state index contributed by atoms with van der Waals surface area (Å²) in [7, 11) is -3.56. The molecule has 1 amide bonds. The molecule has 9 heteroatoms. The highest BCUT2D eigenvalue weighted by molar-refractivity contribution is 7.92. The standard InChI is InChI=1S/C24H23FN2O5S/c1-33(29,30)27-15-23(32-22-5-3-2-4-21(22)27)24(28)26-14-17-8-12-20(13-9-17)31-16-18-6-10-19(25)11-7-18/h2-13,23H,14-16H2,1H3,(H,26,28)/t23-/m1/s1. The molecule has 1 aliphatic heterocycles. The molecule has 172 valence electrons. The van der Waals surface area contributed by atoms with E-state index < -0.39 is 22.0 Å². The van der Waals surface area contributed by atoms with Crippen LogP contribution in [0.4, 0.5) is 10.1 Å². The van der Waals surface area contributed by atoms with Gasteiger partial charge >= 0.3 is 0 Å². The van der Waals surface area contributed by atoms with E-state index in [1.54, 1.807) is 48.5 Å². The van der Waals surface area contributed by atoms with E-state index >= 15 is 0 Å². The first-order valence-corrected chi connectivity index (χ1v) is 12.1. The molecule has 4 rings (SSSR count). The SMILES string of the molecule is CS(=O)(=O)N1C[C@H](C(=O)NCc2ccc(OCc3ccc(F)cc3)cc2)Oc2ccccc21. The van der Waals surface area contributed by atoms with E-state index in [2.05, 4.69) is 5.32 Å². The van der Waals surface area contributed by atoms with E-state index in [0.29, 0.717) is 23.8 Å². The van der Waals surface area contributed by atoms with Crippen LogP contribution < -0.4 is 19.1 Å². The van der Waals surface area contributed by atoms with Crippen molar-refractivity contribution in [2.24, 2.45) is 0 Å². The fourth-order valence-electron chi connectivity index (χ4n) is 3.41. The molecule has 0 bridgehead atoms. The van der Waals surface area contributed by atoms with Gasteiger partial charge in [0.15, 0.2) is 6.10 Å². The van der Waals surface area contributed by atoms with Gasteiger partial charge in [-0.1, -0.05) is 36.4 Å². The molecule has 1 N–H and O–H groups in total. The van der Waals surface area contributed by atoms with Crippen LogP contribution in [0.15, 0.2) is 72.8 Å². The van der Waals surface area contributed by atoms with E-state index in [1.807, 2.05) is 12.1 Å². The number of hydrogen-bond donors (Lipinski definition) is 1. The van der Waals surface area contributed by atoms with Gasteiger partial charge in [0.25, 0.3) is 5.91 Å². The number of ether oxygens (including phenoxy) is 2. The number of nitrogens with zero attached hydrogens (tertiary/aromatic N) is 1. The molecule has 0 radical (unpaired) electrons. The maximum atomic E-state index is 13.0. The number of benzene rings is 3. The second kappa shape index (κ2) is 9.50. The van der Waals surface area contributed by atoms with Crippen LogP contribution in [0.5, 0.6) is 11.5 Å². The third kappa shape index (κ3) is 5.61. The summed E-state index contributed by atoms with van der Waals surface area (Å²) in [6.07, 6.45) is 0.136. The summed E-state index contributed by atoms with van der Waals surface area (Å²) in [6.45, 7) is 0.461. The van der Waals surface area contributed by atoms with Gasteiger partial charge in [0.1, 0.15) is 23.9 Å². The number of rotatable bonds is 7. The quantitative estimate of drug-likeness (QED) is 0.573. The smallest absolute Gasteiger partial charge is 0.263 e. The zero-order valence-corrected chi connectivity index (χ0v) is 18.7. The number of fused-ring (bicyclic) bond motifs is 1. The Morgan fingerprint density at radius 3 is 2.42 bits per heavy atom. The van der Waals surface area contributed by atoms with Crippen LogP contribution in [0.2, 0.25) is 0 Å². The number of amides is 1. The molecule has 33 heavy (non-hydrogen) atoms. The number of hydrogen-bond acceptors (Lipinski definition) is 5. The van der Waals surface area contributed by atoms with Crippen LogP contribution in [-0.2, 0) is 28.0 Å². The molecule has 0 aliphatic carbocycles. The lowest BCUT2D eigenvalue weighted by Gasteiger charge is -2.33. The highest BCUT2D eigenvalue weighted by atomic mass is 32.2. The lowest BCUT2D eigenvalue weighted by Crippen LogP contribution is -2.50. The van der Waals surface area contributed by atoms with Gasteiger partial charge in [0.05, 0.1) is 18.5 Å². The lowest BCUT2D eigenvalue weighted by molar-refractivity contribution is -0.127. The first-order chi connectivity index (χ1) is 15.8. The van der Waals surface area contributed by atoms with Crippen LogP contribution in [0.3, 0.4) is 0 Å². The van der Waals surface area contributed by atoms with E-state index in [-0.39, 0.29) is 18.9 Å². The Labute approximate surface area is 191 Å². The number of halogens is 1. The molecule has 0 saturated carbocycles. The highest BCUT2D eigenvalue weighted by Crippen LogP contribution is 2.34. The number of para-hydroxylation sites is 2. The average molecular weight is 471 g/mol. The van der Waals surface area contributed by atoms with E-state index in [0.717, 1.165) is 17.4 Å². The first kappa shape index (κ1) is 22.6. The second-order valence-corrected chi connectivity index (χ2v) is 9.55. The maximum absolute atomic E-state index is 13.0. The van der Waals surface area contributed by atoms with Crippen molar-refractivity contribution >= 4 is 21.6 Å². The fourth-order valence-corrected chi connectivity index (χ4v) is 4.32. The highest BCUT2D eigenvalue weighted by Gasteiger charge is 2.34. The Kier molecular flexibility index (Phi) is 6.50.